The van der Waals surface area contributed by atoms with Crippen molar-refractivity contribution in [2.75, 3.05) is 0 Å². The normalized spacial score (nSPS) is 9.12. The maximum Gasteiger partial charge on any atom is 0.420 e. The fraction of sp³-hybridized carbons (Fsp3) is 0. The summed E-state index contributed by atoms with van der Waals surface area (Å²) >= 11 is 0. The second-order valence-electron chi connectivity index (χ2n) is 0.799. The Labute approximate surface area is 46.6 Å². The Bertz CT molecular complexity index is 142. The molecule has 0 aromatic rings. The van der Waals surface area contributed by atoms with Crippen molar-refractivity contribution >= 4 is 17.0 Å². The topological polar surface area (TPSA) is 95.5 Å². The first-order chi connectivity index (χ1) is 3.63. The molecule has 7 heteroatoms. The van der Waals surface area contributed by atoms with E-state index >= 15 is 0 Å². The summed E-state index contributed by atoms with van der Waals surface area (Å²) in [5.41, 5.74) is 1.42. The lowest BCUT2D eigenvalue weighted by molar-refractivity contribution is 0.192. The molecule has 0 aliphatic heterocycles. The molecule has 0 aliphatic carbocycles. The Morgan fingerprint density at radius 3 is 2.12 bits per heavy atom. The Morgan fingerprint density at radius 2 is 2.00 bits per heavy atom. The number of carbonyl (C=O) groups is 1. The number of carboxylic acid groups (broad SMARTS) is 1. The van der Waals surface area contributed by atoms with Gasteiger partial charge in [0.2, 0.25) is 10.9 Å². The first-order valence-electron chi connectivity index (χ1n) is 1.52. The van der Waals surface area contributed by atoms with Gasteiger partial charge in [0.05, 0.1) is 0 Å². The van der Waals surface area contributed by atoms with Crippen LogP contribution in [0.5, 0.6) is 0 Å². The van der Waals surface area contributed by atoms with E-state index in [-0.39, 0.29) is 0 Å². The van der Waals surface area contributed by atoms with Crippen LogP contribution in [0.3, 0.4) is 0 Å². The summed E-state index contributed by atoms with van der Waals surface area (Å²) in [6.45, 7) is 0. The molecule has 3 N–H and O–H groups in total. The fourth-order valence-corrected chi connectivity index (χ4v) is 0.280. The van der Waals surface area contributed by atoms with Gasteiger partial charge in [0, 0.05) is 0 Å². The molecule has 0 spiro atoms. The molecule has 0 atom stereocenters. The number of hydrogen-bond donors (Lipinski definition) is 4. The number of nitrogens with one attached hydrogen (secondary N) is 2. The highest BCUT2D eigenvalue weighted by atomic mass is 32.2. The third-order valence-electron chi connectivity index (χ3n) is 0.254. The molecule has 0 saturated heterocycles. The van der Waals surface area contributed by atoms with Crippen LogP contribution in [0.15, 0.2) is 0 Å². The highest BCUT2D eigenvalue weighted by Crippen LogP contribution is 1.51. The van der Waals surface area contributed by atoms with Crippen molar-refractivity contribution in [2.24, 2.45) is 0 Å². The van der Waals surface area contributed by atoms with E-state index in [1.807, 2.05) is 0 Å². The molecular formula is CH4N2O4S. The van der Waals surface area contributed by atoms with Gasteiger partial charge in [-0.1, -0.05) is 0 Å². The summed E-state index contributed by atoms with van der Waals surface area (Å²) in [5.74, 6) is 0. The molecule has 6 nitrogen and oxygen atoms in total. The highest BCUT2D eigenvalue weighted by molar-refractivity contribution is 7.70. The van der Waals surface area contributed by atoms with Crippen molar-refractivity contribution in [3.63, 3.8) is 0 Å². The monoisotopic (exact) mass is 140 g/mol. The summed E-state index contributed by atoms with van der Waals surface area (Å²) in [7, 11) is -2.87. The predicted molar refractivity (Wildman–Crippen MR) is 24.6 cm³/mol. The zero-order valence-corrected chi connectivity index (χ0v) is 4.51. The Morgan fingerprint density at radius 1 is 1.50 bits per heavy atom. The lowest BCUT2D eigenvalue weighted by Crippen LogP contribution is -2.34. The molecule has 48 valence electrons. The van der Waals surface area contributed by atoms with Crippen LogP contribution in [0.4, 0.5) is 4.79 Å². The van der Waals surface area contributed by atoms with Gasteiger partial charge in [-0.15, -0.1) is 4.83 Å². The van der Waals surface area contributed by atoms with E-state index < -0.39 is 17.0 Å². The van der Waals surface area contributed by atoms with Crippen molar-refractivity contribution in [2.45, 2.75) is 0 Å². The van der Waals surface area contributed by atoms with Crippen LogP contribution in [-0.2, 0) is 10.9 Å². The predicted octanol–water partition coefficient (Wildman–Crippen LogP) is -1.71. The summed E-state index contributed by atoms with van der Waals surface area (Å²) in [4.78, 5) is 10.9. The van der Waals surface area contributed by atoms with Crippen molar-refractivity contribution in [3.8, 4) is 0 Å². The molecule has 8 heavy (non-hydrogen) atoms. The van der Waals surface area contributed by atoms with E-state index in [2.05, 4.69) is 0 Å². The van der Waals surface area contributed by atoms with Gasteiger partial charge in [0.25, 0.3) is 0 Å². The molecular weight excluding hydrogens is 136 g/mol. The first kappa shape index (κ1) is 7.18. The molecule has 0 fully saturated rings. The lowest BCUT2D eigenvalue weighted by atomic mass is 11.3. The second-order valence-corrected chi connectivity index (χ2v) is 1.54. The average Bonchev–Trinajstić information content (AvgIpc) is 1.61. The van der Waals surface area contributed by atoms with Crippen molar-refractivity contribution < 1.29 is 18.3 Å². The minimum Gasteiger partial charge on any atom is -0.464 e. The molecule has 1 amide bonds. The van der Waals surface area contributed by atoms with E-state index in [0.29, 0.717) is 0 Å². The molecule has 0 aromatic carbocycles. The maximum absolute atomic E-state index is 9.50. The fourth-order valence-electron chi connectivity index (χ4n) is 0.0935. The molecule has 0 rings (SSSR count). The van der Waals surface area contributed by atoms with E-state index in [1.54, 1.807) is 0 Å². The highest BCUT2D eigenvalue weighted by Gasteiger charge is 1.88. The Kier molecular flexibility index (Phi) is 2.89. The zero-order chi connectivity index (χ0) is 6.57. The van der Waals surface area contributed by atoms with E-state index in [4.69, 9.17) is 5.11 Å². The van der Waals surface area contributed by atoms with Gasteiger partial charge in [0.15, 0.2) is 0 Å². The van der Waals surface area contributed by atoms with Crippen LogP contribution in [0.1, 0.15) is 0 Å². The lowest BCUT2D eigenvalue weighted by Gasteiger charge is -1.90. The minimum absolute atomic E-state index is 1.42. The molecule has 0 radical (unpaired) electrons. The molecule has 0 heterocycles. The largest absolute Gasteiger partial charge is 0.464 e. The average molecular weight is 140 g/mol. The van der Waals surface area contributed by atoms with Crippen LogP contribution in [0.2, 0.25) is 0 Å². The molecule has 0 aromatic heterocycles. The van der Waals surface area contributed by atoms with Gasteiger partial charge in [-0.3, -0.25) is 0 Å². The Hall–Kier alpha value is -0.820. The minimum atomic E-state index is -2.87. The van der Waals surface area contributed by atoms with Crippen molar-refractivity contribution in [1.82, 2.24) is 10.3 Å². The Balaban J connectivity index is 3.32. The van der Waals surface area contributed by atoms with Crippen molar-refractivity contribution in [1.29, 1.82) is 0 Å². The third-order valence-corrected chi connectivity index (χ3v) is 0.548. The third kappa shape index (κ3) is 5.18. The molecule has 0 bridgehead atoms. The van der Waals surface area contributed by atoms with E-state index in [0.717, 1.165) is 0 Å². The van der Waals surface area contributed by atoms with Gasteiger partial charge in [-0.2, -0.15) is 0 Å². The smallest absolute Gasteiger partial charge is 0.420 e. The molecule has 0 aliphatic rings. The summed E-state index contributed by atoms with van der Waals surface area (Å²) in [6.07, 6.45) is -1.44. The SMILES string of the molecule is O=C(O)NN[SH](=O)=O. The quantitative estimate of drug-likeness (QED) is 0.271. The maximum atomic E-state index is 9.50. The second kappa shape index (κ2) is 3.22. The standard InChI is InChI=1S/CH4N2O4S/c4-1(5)2-3-8(6)7/h2,8H,(H,4,5)(H,3,6,7). The first-order valence-corrected chi connectivity index (χ1v) is 2.69. The van der Waals surface area contributed by atoms with Gasteiger partial charge in [-0.25, -0.2) is 18.6 Å². The summed E-state index contributed by atoms with van der Waals surface area (Å²) in [5, 5.41) is 7.72. The number of rotatable bonds is 2. The summed E-state index contributed by atoms with van der Waals surface area (Å²) in [6, 6.07) is 0. The summed E-state index contributed by atoms with van der Waals surface area (Å²) < 4.78 is 19.0. The van der Waals surface area contributed by atoms with E-state index in [1.165, 1.54) is 10.3 Å². The van der Waals surface area contributed by atoms with E-state index in [9.17, 15) is 13.2 Å². The van der Waals surface area contributed by atoms with Gasteiger partial charge >= 0.3 is 6.09 Å². The number of hydrogen-bond acceptors (Lipinski definition) is 3. The number of hydrazine groups is 1. The van der Waals surface area contributed by atoms with Crippen LogP contribution in [0.25, 0.3) is 0 Å². The molecule has 0 saturated carbocycles. The van der Waals surface area contributed by atoms with Crippen LogP contribution < -0.4 is 10.3 Å². The van der Waals surface area contributed by atoms with Crippen LogP contribution in [-0.4, -0.2) is 19.6 Å². The van der Waals surface area contributed by atoms with Crippen LogP contribution >= 0.6 is 0 Å². The van der Waals surface area contributed by atoms with Gasteiger partial charge in [-0.05, 0) is 0 Å². The zero-order valence-electron chi connectivity index (χ0n) is 3.62. The number of amides is 1. The van der Waals surface area contributed by atoms with Crippen molar-refractivity contribution in [3.05, 3.63) is 0 Å². The van der Waals surface area contributed by atoms with Gasteiger partial charge in [0.1, 0.15) is 0 Å². The number of thiol groups is 1. The molecule has 0 unspecified atom stereocenters. The van der Waals surface area contributed by atoms with Crippen LogP contribution in [0, 0.1) is 0 Å². The van der Waals surface area contributed by atoms with Gasteiger partial charge < -0.3 is 5.11 Å².